The lowest BCUT2D eigenvalue weighted by Gasteiger charge is -2.21. The highest BCUT2D eigenvalue weighted by Gasteiger charge is 2.15. The minimum Gasteiger partial charge on any atom is -0.381 e. The van der Waals surface area contributed by atoms with E-state index in [4.69, 9.17) is 0 Å². The largest absolute Gasteiger partial charge is 0.381 e. The smallest absolute Gasteiger partial charge is 0.249 e. The highest BCUT2D eigenvalue weighted by molar-refractivity contribution is 5.55. The van der Waals surface area contributed by atoms with Gasteiger partial charge < -0.3 is 10.2 Å². The normalized spacial score (nSPS) is 11.3. The van der Waals surface area contributed by atoms with Crippen molar-refractivity contribution in [2.24, 2.45) is 0 Å². The van der Waals surface area contributed by atoms with E-state index in [0.29, 0.717) is 11.3 Å². The Kier molecular flexibility index (Phi) is 6.05. The SMILES string of the molecule is CCCN(CCC)CCCNc1c(C)c(=O)c1=O. The fourth-order valence-corrected chi connectivity index (χ4v) is 2.20. The quantitative estimate of drug-likeness (QED) is 0.535. The van der Waals surface area contributed by atoms with Gasteiger partial charge in [-0.25, -0.2) is 0 Å². The molecule has 0 aromatic heterocycles. The topological polar surface area (TPSA) is 49.4 Å². The second-order valence-corrected chi connectivity index (χ2v) is 4.78. The lowest BCUT2D eigenvalue weighted by Crippen LogP contribution is -2.37. The third-order valence-electron chi connectivity index (χ3n) is 3.18. The summed E-state index contributed by atoms with van der Waals surface area (Å²) in [7, 11) is 0. The Hall–Kier alpha value is -1.16. The van der Waals surface area contributed by atoms with E-state index in [2.05, 4.69) is 24.1 Å². The Labute approximate surface area is 109 Å². The molecule has 0 radical (unpaired) electrons. The molecule has 0 saturated heterocycles. The van der Waals surface area contributed by atoms with Crippen LogP contribution in [0, 0.1) is 6.92 Å². The molecule has 1 N–H and O–H groups in total. The first-order chi connectivity index (χ1) is 8.61. The van der Waals surface area contributed by atoms with Crippen LogP contribution in [0.15, 0.2) is 9.59 Å². The zero-order valence-corrected chi connectivity index (χ0v) is 11.7. The van der Waals surface area contributed by atoms with E-state index in [1.54, 1.807) is 6.92 Å². The van der Waals surface area contributed by atoms with Crippen molar-refractivity contribution in [2.75, 3.05) is 31.5 Å². The molecule has 0 atom stereocenters. The van der Waals surface area contributed by atoms with Gasteiger partial charge in [0.1, 0.15) is 0 Å². The molecule has 102 valence electrons. The van der Waals surface area contributed by atoms with Gasteiger partial charge in [0.05, 0.1) is 5.69 Å². The summed E-state index contributed by atoms with van der Waals surface area (Å²) >= 11 is 0. The van der Waals surface area contributed by atoms with Crippen LogP contribution in [0.1, 0.15) is 38.7 Å². The predicted molar refractivity (Wildman–Crippen MR) is 76.2 cm³/mol. The Morgan fingerprint density at radius 2 is 1.61 bits per heavy atom. The summed E-state index contributed by atoms with van der Waals surface area (Å²) in [6.45, 7) is 10.1. The van der Waals surface area contributed by atoms with E-state index < -0.39 is 0 Å². The lowest BCUT2D eigenvalue weighted by atomic mass is 10.1. The number of nitrogens with zero attached hydrogens (tertiary/aromatic N) is 1. The van der Waals surface area contributed by atoms with Crippen molar-refractivity contribution in [2.45, 2.75) is 40.0 Å². The molecule has 0 amide bonds. The molecule has 0 bridgehead atoms. The molecule has 0 spiro atoms. The summed E-state index contributed by atoms with van der Waals surface area (Å²) in [4.78, 5) is 24.7. The number of nitrogens with one attached hydrogen (secondary N) is 1. The molecule has 0 heterocycles. The fourth-order valence-electron chi connectivity index (χ4n) is 2.20. The number of rotatable bonds is 9. The molecule has 0 fully saturated rings. The van der Waals surface area contributed by atoms with Crippen LogP contribution in [0.2, 0.25) is 0 Å². The standard InChI is InChI=1S/C14H24N2O2/c1-4-8-16(9-5-2)10-6-7-15-12-11(3)13(17)14(12)18/h15H,4-10H2,1-3H3. The van der Waals surface area contributed by atoms with Gasteiger partial charge >= 0.3 is 0 Å². The van der Waals surface area contributed by atoms with Crippen LogP contribution in [0.3, 0.4) is 0 Å². The van der Waals surface area contributed by atoms with Gasteiger partial charge in [0, 0.05) is 12.1 Å². The zero-order chi connectivity index (χ0) is 13.5. The Morgan fingerprint density at radius 1 is 1.00 bits per heavy atom. The number of anilines is 1. The van der Waals surface area contributed by atoms with Crippen molar-refractivity contribution in [1.82, 2.24) is 4.90 Å². The van der Waals surface area contributed by atoms with Gasteiger partial charge in [0.25, 0.3) is 0 Å². The molecule has 1 aromatic carbocycles. The third-order valence-corrected chi connectivity index (χ3v) is 3.18. The van der Waals surface area contributed by atoms with Crippen molar-refractivity contribution in [3.63, 3.8) is 0 Å². The van der Waals surface area contributed by atoms with Crippen LogP contribution in [-0.2, 0) is 0 Å². The summed E-state index contributed by atoms with van der Waals surface area (Å²) in [5, 5.41) is 3.07. The highest BCUT2D eigenvalue weighted by atomic mass is 16.2. The van der Waals surface area contributed by atoms with Crippen molar-refractivity contribution in [3.8, 4) is 0 Å². The third kappa shape index (κ3) is 3.67. The van der Waals surface area contributed by atoms with E-state index in [0.717, 1.165) is 32.6 Å². The average molecular weight is 252 g/mol. The first-order valence-corrected chi connectivity index (χ1v) is 6.87. The zero-order valence-electron chi connectivity index (χ0n) is 11.7. The van der Waals surface area contributed by atoms with Gasteiger partial charge in [0.15, 0.2) is 0 Å². The molecule has 1 aromatic rings. The maximum Gasteiger partial charge on any atom is 0.249 e. The molecular formula is C14H24N2O2. The van der Waals surface area contributed by atoms with Gasteiger partial charge in [-0.3, -0.25) is 9.59 Å². The Balaban J connectivity index is 2.26. The van der Waals surface area contributed by atoms with Crippen LogP contribution >= 0.6 is 0 Å². The lowest BCUT2D eigenvalue weighted by molar-refractivity contribution is 0.274. The first kappa shape index (κ1) is 14.9. The molecule has 4 heteroatoms. The number of hydrogen-bond acceptors (Lipinski definition) is 4. The predicted octanol–water partition coefficient (Wildman–Crippen LogP) is 1.52. The number of hydrogen-bond donors (Lipinski definition) is 1. The van der Waals surface area contributed by atoms with E-state index in [-0.39, 0.29) is 10.9 Å². The summed E-state index contributed by atoms with van der Waals surface area (Å²) in [5.41, 5.74) is 0.416. The second-order valence-electron chi connectivity index (χ2n) is 4.78. The van der Waals surface area contributed by atoms with Gasteiger partial charge in [-0.05, 0) is 45.8 Å². The summed E-state index contributed by atoms with van der Waals surface area (Å²) in [6, 6.07) is 0. The van der Waals surface area contributed by atoms with Crippen LogP contribution in [-0.4, -0.2) is 31.1 Å². The van der Waals surface area contributed by atoms with Crippen molar-refractivity contribution in [1.29, 1.82) is 0 Å². The maximum absolute atomic E-state index is 11.2. The summed E-state index contributed by atoms with van der Waals surface area (Å²) in [5.74, 6) is 0. The average Bonchev–Trinajstić information content (AvgIpc) is 2.37. The van der Waals surface area contributed by atoms with Gasteiger partial charge in [-0.2, -0.15) is 0 Å². The molecule has 0 unspecified atom stereocenters. The van der Waals surface area contributed by atoms with Crippen LogP contribution < -0.4 is 16.2 Å². The molecule has 18 heavy (non-hydrogen) atoms. The van der Waals surface area contributed by atoms with Gasteiger partial charge in [0.2, 0.25) is 10.9 Å². The Bertz CT molecular complexity index is 427. The van der Waals surface area contributed by atoms with Crippen LogP contribution in [0.4, 0.5) is 5.69 Å². The monoisotopic (exact) mass is 252 g/mol. The second kappa shape index (κ2) is 7.31. The van der Waals surface area contributed by atoms with Gasteiger partial charge in [-0.1, -0.05) is 13.8 Å². The van der Waals surface area contributed by atoms with Crippen molar-refractivity contribution in [3.05, 3.63) is 26.0 Å². The molecular weight excluding hydrogens is 228 g/mol. The van der Waals surface area contributed by atoms with Crippen molar-refractivity contribution >= 4 is 5.69 Å². The van der Waals surface area contributed by atoms with Crippen LogP contribution in [0.25, 0.3) is 0 Å². The Morgan fingerprint density at radius 3 is 2.11 bits per heavy atom. The minimum atomic E-state index is -0.355. The molecule has 1 rings (SSSR count). The minimum absolute atomic E-state index is 0.337. The molecule has 4 nitrogen and oxygen atoms in total. The van der Waals surface area contributed by atoms with Crippen molar-refractivity contribution < 1.29 is 0 Å². The van der Waals surface area contributed by atoms with Crippen LogP contribution in [0.5, 0.6) is 0 Å². The van der Waals surface area contributed by atoms with E-state index in [9.17, 15) is 9.59 Å². The maximum atomic E-state index is 11.2. The first-order valence-electron chi connectivity index (χ1n) is 6.87. The van der Waals surface area contributed by atoms with E-state index >= 15 is 0 Å². The molecule has 0 aliphatic carbocycles. The molecule has 0 aliphatic rings. The molecule has 0 aliphatic heterocycles. The van der Waals surface area contributed by atoms with Gasteiger partial charge in [-0.15, -0.1) is 0 Å². The molecule has 0 saturated carbocycles. The summed E-state index contributed by atoms with van der Waals surface area (Å²) < 4.78 is 0. The highest BCUT2D eigenvalue weighted by Crippen LogP contribution is 2.05. The summed E-state index contributed by atoms with van der Waals surface area (Å²) in [6.07, 6.45) is 3.34. The van der Waals surface area contributed by atoms with E-state index in [1.165, 1.54) is 12.8 Å². The van der Waals surface area contributed by atoms with E-state index in [1.807, 2.05) is 0 Å². The fraction of sp³-hybridized carbons (Fsp3) is 0.714.